The van der Waals surface area contributed by atoms with Gasteiger partial charge >= 0.3 is 0 Å². The maximum Gasteiger partial charge on any atom is 0.252 e. The zero-order valence-corrected chi connectivity index (χ0v) is 13.1. The van der Waals surface area contributed by atoms with E-state index < -0.39 is 0 Å². The number of nitrogens with one attached hydrogen (secondary N) is 1. The van der Waals surface area contributed by atoms with Crippen LogP contribution in [-0.2, 0) is 4.74 Å². The maximum absolute atomic E-state index is 12.6. The Balaban J connectivity index is 2.23. The van der Waals surface area contributed by atoms with E-state index in [1.165, 1.54) is 5.56 Å². The average molecular weight is 296 g/mol. The molecule has 1 heterocycles. The molecule has 0 aromatic heterocycles. The van der Waals surface area contributed by atoms with Crippen LogP contribution in [0.15, 0.2) is 12.1 Å². The van der Waals surface area contributed by atoms with E-state index in [0.717, 1.165) is 29.5 Å². The number of halogens is 1. The summed E-state index contributed by atoms with van der Waals surface area (Å²) in [5.41, 5.74) is 3.63. The molecule has 1 aromatic rings. The number of hydrogen-bond donors (Lipinski definition) is 1. The van der Waals surface area contributed by atoms with Crippen LogP contribution in [0.25, 0.3) is 0 Å². The molecular formula is C16H22ClNO2. The van der Waals surface area contributed by atoms with Crippen LogP contribution in [0.5, 0.6) is 0 Å². The summed E-state index contributed by atoms with van der Waals surface area (Å²) in [5.74, 6) is 0.397. The summed E-state index contributed by atoms with van der Waals surface area (Å²) in [4.78, 5) is 12.6. The molecule has 1 N–H and O–H groups in total. The molecule has 0 aliphatic carbocycles. The van der Waals surface area contributed by atoms with Gasteiger partial charge < -0.3 is 10.1 Å². The van der Waals surface area contributed by atoms with Gasteiger partial charge in [0.1, 0.15) is 0 Å². The Morgan fingerprint density at radius 3 is 2.30 bits per heavy atom. The van der Waals surface area contributed by atoms with E-state index in [-0.39, 0.29) is 11.4 Å². The molecule has 20 heavy (non-hydrogen) atoms. The van der Waals surface area contributed by atoms with Crippen molar-refractivity contribution < 1.29 is 9.53 Å². The van der Waals surface area contributed by atoms with Crippen LogP contribution >= 0.6 is 11.6 Å². The van der Waals surface area contributed by atoms with Crippen molar-refractivity contribution >= 4 is 17.5 Å². The molecule has 1 amide bonds. The average Bonchev–Trinajstić information content (AvgIpc) is 2.38. The Kier molecular flexibility index (Phi) is 4.71. The van der Waals surface area contributed by atoms with E-state index in [1.807, 2.05) is 32.9 Å². The minimum absolute atomic E-state index is 0.0254. The second kappa shape index (κ2) is 6.15. The topological polar surface area (TPSA) is 38.3 Å². The molecule has 0 atom stereocenters. The van der Waals surface area contributed by atoms with Crippen LogP contribution in [0.4, 0.5) is 0 Å². The molecule has 0 radical (unpaired) electrons. The van der Waals surface area contributed by atoms with E-state index in [0.29, 0.717) is 19.1 Å². The first-order chi connectivity index (χ1) is 9.47. The fraction of sp³-hybridized carbons (Fsp3) is 0.562. The van der Waals surface area contributed by atoms with Gasteiger partial charge in [-0.15, -0.1) is 11.6 Å². The van der Waals surface area contributed by atoms with Crippen LogP contribution in [0.3, 0.4) is 0 Å². The number of aryl methyl sites for hydroxylation is 3. The zero-order chi connectivity index (χ0) is 14.8. The molecule has 1 fully saturated rings. The quantitative estimate of drug-likeness (QED) is 0.870. The van der Waals surface area contributed by atoms with Crippen LogP contribution < -0.4 is 5.32 Å². The summed E-state index contributed by atoms with van der Waals surface area (Å²) >= 11 is 6.10. The van der Waals surface area contributed by atoms with Crippen LogP contribution in [0.1, 0.15) is 39.9 Å². The van der Waals surface area contributed by atoms with Gasteiger partial charge in [-0.1, -0.05) is 17.7 Å². The predicted octanol–water partition coefficient (Wildman–Crippen LogP) is 3.13. The van der Waals surface area contributed by atoms with E-state index >= 15 is 0 Å². The van der Waals surface area contributed by atoms with Gasteiger partial charge in [-0.05, 0) is 44.7 Å². The second-order valence-electron chi connectivity index (χ2n) is 5.75. The highest BCUT2D eigenvalue weighted by atomic mass is 35.5. The summed E-state index contributed by atoms with van der Waals surface area (Å²) in [7, 11) is 0. The Morgan fingerprint density at radius 2 is 1.80 bits per heavy atom. The van der Waals surface area contributed by atoms with Gasteiger partial charge in [0.2, 0.25) is 0 Å². The van der Waals surface area contributed by atoms with E-state index in [2.05, 4.69) is 5.32 Å². The largest absolute Gasteiger partial charge is 0.381 e. The minimum Gasteiger partial charge on any atom is -0.381 e. The number of amides is 1. The monoisotopic (exact) mass is 295 g/mol. The molecule has 4 heteroatoms. The minimum atomic E-state index is -0.333. The third-order valence-corrected chi connectivity index (χ3v) is 4.50. The Morgan fingerprint density at radius 1 is 1.25 bits per heavy atom. The lowest BCUT2D eigenvalue weighted by Crippen LogP contribution is -2.53. The molecule has 1 saturated heterocycles. The number of carbonyl (C=O) groups is 1. The molecule has 1 aromatic carbocycles. The highest BCUT2D eigenvalue weighted by Gasteiger charge is 2.34. The molecule has 1 aliphatic rings. The van der Waals surface area contributed by atoms with Gasteiger partial charge in [0.25, 0.3) is 5.91 Å². The lowest BCUT2D eigenvalue weighted by atomic mass is 9.90. The molecule has 0 bridgehead atoms. The fourth-order valence-corrected chi connectivity index (χ4v) is 3.23. The molecule has 2 rings (SSSR count). The van der Waals surface area contributed by atoms with Crippen molar-refractivity contribution in [2.75, 3.05) is 19.1 Å². The summed E-state index contributed by atoms with van der Waals surface area (Å²) in [6.45, 7) is 7.30. The lowest BCUT2D eigenvalue weighted by molar-refractivity contribution is 0.0433. The molecule has 1 aliphatic heterocycles. The van der Waals surface area contributed by atoms with E-state index in [9.17, 15) is 4.79 Å². The smallest absolute Gasteiger partial charge is 0.252 e. The summed E-state index contributed by atoms with van der Waals surface area (Å²) in [6, 6.07) is 4.08. The second-order valence-corrected chi connectivity index (χ2v) is 6.02. The molecule has 0 spiro atoms. The van der Waals surface area contributed by atoms with Crippen LogP contribution in [0.2, 0.25) is 0 Å². The van der Waals surface area contributed by atoms with Gasteiger partial charge in [0.05, 0.1) is 5.54 Å². The number of alkyl halides is 1. The summed E-state index contributed by atoms with van der Waals surface area (Å²) in [5, 5.41) is 3.15. The van der Waals surface area contributed by atoms with Crippen molar-refractivity contribution in [3.63, 3.8) is 0 Å². The third kappa shape index (κ3) is 3.15. The molecule has 3 nitrogen and oxygen atoms in total. The number of hydrogen-bond acceptors (Lipinski definition) is 2. The van der Waals surface area contributed by atoms with Gasteiger partial charge in [0.15, 0.2) is 0 Å². The van der Waals surface area contributed by atoms with Crippen molar-refractivity contribution in [3.8, 4) is 0 Å². The van der Waals surface area contributed by atoms with Crippen molar-refractivity contribution in [2.45, 2.75) is 39.2 Å². The lowest BCUT2D eigenvalue weighted by Gasteiger charge is -2.36. The molecular weight excluding hydrogens is 274 g/mol. The normalized spacial score (nSPS) is 17.8. The summed E-state index contributed by atoms with van der Waals surface area (Å²) < 4.78 is 5.37. The first-order valence-electron chi connectivity index (χ1n) is 7.01. The number of rotatable bonds is 3. The zero-order valence-electron chi connectivity index (χ0n) is 12.4. The molecule has 110 valence electrons. The first kappa shape index (κ1) is 15.3. The Bertz CT molecular complexity index is 484. The molecule has 0 unspecified atom stereocenters. The van der Waals surface area contributed by atoms with Crippen molar-refractivity contribution in [1.82, 2.24) is 5.32 Å². The maximum atomic E-state index is 12.6. The number of carbonyl (C=O) groups excluding carboxylic acids is 1. The first-order valence-corrected chi connectivity index (χ1v) is 7.55. The van der Waals surface area contributed by atoms with E-state index in [1.54, 1.807) is 0 Å². The predicted molar refractivity (Wildman–Crippen MR) is 81.6 cm³/mol. The Labute approximate surface area is 125 Å². The van der Waals surface area contributed by atoms with Crippen LogP contribution in [-0.4, -0.2) is 30.5 Å². The third-order valence-electron chi connectivity index (χ3n) is 3.99. The van der Waals surface area contributed by atoms with Crippen LogP contribution in [0, 0.1) is 20.8 Å². The van der Waals surface area contributed by atoms with E-state index in [4.69, 9.17) is 16.3 Å². The highest BCUT2D eigenvalue weighted by Crippen LogP contribution is 2.24. The van der Waals surface area contributed by atoms with Gasteiger partial charge in [0, 0.05) is 24.7 Å². The van der Waals surface area contributed by atoms with Crippen molar-refractivity contribution in [3.05, 3.63) is 34.4 Å². The Hall–Kier alpha value is -1.06. The number of ether oxygens (including phenoxy) is 1. The van der Waals surface area contributed by atoms with Gasteiger partial charge in [-0.2, -0.15) is 0 Å². The standard InChI is InChI=1S/C16H22ClNO2/c1-11-8-12(2)14(13(3)9-11)15(19)18-16(10-17)4-6-20-7-5-16/h8-9H,4-7,10H2,1-3H3,(H,18,19). The fourth-order valence-electron chi connectivity index (χ4n) is 2.90. The van der Waals surface area contributed by atoms with Gasteiger partial charge in [-0.25, -0.2) is 0 Å². The number of benzene rings is 1. The highest BCUT2D eigenvalue weighted by molar-refractivity contribution is 6.19. The SMILES string of the molecule is Cc1cc(C)c(C(=O)NC2(CCl)CCOCC2)c(C)c1. The summed E-state index contributed by atoms with van der Waals surface area (Å²) in [6.07, 6.45) is 1.54. The van der Waals surface area contributed by atoms with Crippen molar-refractivity contribution in [1.29, 1.82) is 0 Å². The molecule has 0 saturated carbocycles. The van der Waals surface area contributed by atoms with Gasteiger partial charge in [-0.3, -0.25) is 4.79 Å². The van der Waals surface area contributed by atoms with Crippen molar-refractivity contribution in [2.24, 2.45) is 0 Å².